The number of carboxylic acid groups (broad SMARTS) is 1. The molecule has 3 N–H and O–H groups in total. The Morgan fingerprint density at radius 3 is 2.67 bits per heavy atom. The van der Waals surface area contributed by atoms with E-state index in [1.54, 1.807) is 19.9 Å². The van der Waals surface area contributed by atoms with Crippen molar-refractivity contribution in [2.45, 2.75) is 13.8 Å². The Morgan fingerprint density at radius 2 is 2.10 bits per heavy atom. The summed E-state index contributed by atoms with van der Waals surface area (Å²) in [5, 5.41) is 27.2. The fourth-order valence-corrected chi connectivity index (χ4v) is 2.20. The van der Waals surface area contributed by atoms with Gasteiger partial charge in [0, 0.05) is 5.69 Å². The molecule has 3 aromatic heterocycles. The third-order valence-electron chi connectivity index (χ3n) is 3.08. The fourth-order valence-electron chi connectivity index (χ4n) is 2.20. The van der Waals surface area contributed by atoms with Crippen LogP contribution in [0.2, 0.25) is 0 Å². The Hall–Kier alpha value is -3.10. The monoisotopic (exact) mass is 289 g/mol. The molecule has 0 aliphatic carbocycles. The van der Waals surface area contributed by atoms with Crippen molar-refractivity contribution in [1.29, 1.82) is 0 Å². The number of nitrogens with one attached hydrogen (secondary N) is 1. The highest BCUT2D eigenvalue weighted by Gasteiger charge is 2.21. The van der Waals surface area contributed by atoms with Gasteiger partial charge in [-0.05, 0) is 19.9 Å². The second-order valence-corrected chi connectivity index (χ2v) is 4.59. The van der Waals surface area contributed by atoms with Crippen molar-refractivity contribution in [1.82, 2.24) is 24.4 Å². The first-order chi connectivity index (χ1) is 9.90. The van der Waals surface area contributed by atoms with Crippen molar-refractivity contribution < 1.29 is 15.0 Å². The van der Waals surface area contributed by atoms with Crippen LogP contribution >= 0.6 is 0 Å². The van der Waals surface area contributed by atoms with Crippen LogP contribution in [0.3, 0.4) is 0 Å². The number of aromatic hydroxyl groups is 1. The number of fused-ring (bicyclic) bond motifs is 1. The zero-order chi connectivity index (χ0) is 15.3. The summed E-state index contributed by atoms with van der Waals surface area (Å²) in [4.78, 5) is 25.6. The molecule has 3 rings (SSSR count). The lowest BCUT2D eigenvalue weighted by Gasteiger charge is -2.07. The third-order valence-corrected chi connectivity index (χ3v) is 3.08. The Kier molecular flexibility index (Phi) is 2.58. The molecule has 108 valence electrons. The van der Waals surface area contributed by atoms with Crippen LogP contribution in [-0.2, 0) is 0 Å². The molecule has 0 atom stereocenters. The molecule has 0 fully saturated rings. The molecule has 0 spiro atoms. The Balaban J connectivity index is 2.39. The lowest BCUT2D eigenvalue weighted by molar-refractivity contribution is 0.0698. The van der Waals surface area contributed by atoms with Crippen LogP contribution in [0.4, 0.5) is 0 Å². The van der Waals surface area contributed by atoms with Crippen molar-refractivity contribution >= 4 is 11.6 Å². The van der Waals surface area contributed by atoms with Crippen molar-refractivity contribution in [2.75, 3.05) is 0 Å². The van der Waals surface area contributed by atoms with Gasteiger partial charge < -0.3 is 15.2 Å². The van der Waals surface area contributed by atoms with Crippen LogP contribution < -0.4 is 5.56 Å². The molecule has 0 amide bonds. The molecule has 0 radical (unpaired) electrons. The van der Waals surface area contributed by atoms with Crippen molar-refractivity contribution in [3.05, 3.63) is 39.6 Å². The van der Waals surface area contributed by atoms with Crippen molar-refractivity contribution in [2.24, 2.45) is 0 Å². The summed E-state index contributed by atoms with van der Waals surface area (Å²) in [5.41, 5.74) is 0.260. The lowest BCUT2D eigenvalue weighted by atomic mass is 10.3. The van der Waals surface area contributed by atoms with Crippen LogP contribution in [0, 0.1) is 13.8 Å². The normalized spacial score (nSPS) is 11.1. The van der Waals surface area contributed by atoms with E-state index in [1.165, 1.54) is 4.68 Å². The number of carboxylic acids is 1. The first kappa shape index (κ1) is 12.9. The average Bonchev–Trinajstić information content (AvgIpc) is 2.93. The quantitative estimate of drug-likeness (QED) is 0.620. The molecule has 9 heteroatoms. The van der Waals surface area contributed by atoms with Crippen LogP contribution in [0.25, 0.3) is 11.3 Å². The molecular weight excluding hydrogens is 278 g/mol. The molecule has 0 saturated heterocycles. The average molecular weight is 289 g/mol. The van der Waals surface area contributed by atoms with Gasteiger partial charge >= 0.3 is 5.97 Å². The van der Waals surface area contributed by atoms with Gasteiger partial charge in [0.25, 0.3) is 5.56 Å². The third kappa shape index (κ3) is 1.78. The molecule has 0 aliphatic heterocycles. The highest BCUT2D eigenvalue weighted by molar-refractivity contribution is 5.94. The highest BCUT2D eigenvalue weighted by Crippen LogP contribution is 2.21. The second-order valence-electron chi connectivity index (χ2n) is 4.59. The van der Waals surface area contributed by atoms with Gasteiger partial charge in [-0.2, -0.15) is 14.7 Å². The van der Waals surface area contributed by atoms with Crippen LogP contribution in [0.1, 0.15) is 21.7 Å². The van der Waals surface area contributed by atoms with E-state index in [0.717, 1.165) is 10.7 Å². The van der Waals surface area contributed by atoms with E-state index in [9.17, 15) is 14.7 Å². The number of aromatic nitrogens is 5. The van der Waals surface area contributed by atoms with Crippen LogP contribution in [0.15, 0.2) is 17.1 Å². The summed E-state index contributed by atoms with van der Waals surface area (Å²) in [6, 6.07) is 1.74. The molecule has 3 heterocycles. The van der Waals surface area contributed by atoms with E-state index in [0.29, 0.717) is 11.4 Å². The SMILES string of the molecule is Cc1cc(C)n(-c2c(O)n3ncc(C(=O)O)c3[nH]c2=O)n1. The zero-order valence-corrected chi connectivity index (χ0v) is 11.2. The fraction of sp³-hybridized carbons (Fsp3) is 0.167. The minimum atomic E-state index is -1.25. The molecule has 0 bridgehead atoms. The standard InChI is InChI=1S/C12H11N5O4/c1-5-3-6(2)16(15-5)8-10(18)14-9-7(12(20)21)4-13-17(9)11(8)19/h3-4,19H,1-2H3,(H,14,18)(H,20,21). The maximum atomic E-state index is 12.2. The minimum absolute atomic E-state index is 0.0877. The number of nitrogens with zero attached hydrogens (tertiary/aromatic N) is 4. The number of aromatic carboxylic acids is 1. The number of H-pyrrole nitrogens is 1. The number of hydrogen-bond donors (Lipinski definition) is 3. The van der Waals surface area contributed by atoms with Gasteiger partial charge in [0.15, 0.2) is 11.3 Å². The van der Waals surface area contributed by atoms with Gasteiger partial charge in [-0.15, -0.1) is 0 Å². The number of aryl methyl sites for hydroxylation is 2. The highest BCUT2D eigenvalue weighted by atomic mass is 16.4. The van der Waals surface area contributed by atoms with E-state index in [-0.39, 0.29) is 16.9 Å². The van der Waals surface area contributed by atoms with Gasteiger partial charge in [0.2, 0.25) is 5.88 Å². The maximum absolute atomic E-state index is 12.2. The number of rotatable bonds is 2. The van der Waals surface area contributed by atoms with E-state index in [4.69, 9.17) is 5.11 Å². The lowest BCUT2D eigenvalue weighted by Crippen LogP contribution is -2.19. The van der Waals surface area contributed by atoms with E-state index >= 15 is 0 Å². The van der Waals surface area contributed by atoms with Gasteiger partial charge in [-0.3, -0.25) is 4.79 Å². The Morgan fingerprint density at radius 1 is 1.38 bits per heavy atom. The summed E-state index contributed by atoms with van der Waals surface area (Å²) in [5.74, 6) is -1.73. The maximum Gasteiger partial charge on any atom is 0.341 e. The topological polar surface area (TPSA) is 126 Å². The molecule has 3 aromatic rings. The van der Waals surface area contributed by atoms with Crippen LogP contribution in [0.5, 0.6) is 5.88 Å². The minimum Gasteiger partial charge on any atom is -0.492 e. The molecular formula is C12H11N5O4. The van der Waals surface area contributed by atoms with Crippen molar-refractivity contribution in [3.63, 3.8) is 0 Å². The van der Waals surface area contributed by atoms with E-state index in [1.807, 2.05) is 0 Å². The zero-order valence-electron chi connectivity index (χ0n) is 11.2. The summed E-state index contributed by atoms with van der Waals surface area (Å²) in [6.45, 7) is 3.48. The predicted octanol–water partition coefficient (Wildman–Crippen LogP) is 0.229. The smallest absolute Gasteiger partial charge is 0.341 e. The van der Waals surface area contributed by atoms with Gasteiger partial charge in [-0.25, -0.2) is 9.48 Å². The first-order valence-corrected chi connectivity index (χ1v) is 6.00. The van der Waals surface area contributed by atoms with Crippen LogP contribution in [-0.4, -0.2) is 40.6 Å². The Labute approximate surface area is 117 Å². The van der Waals surface area contributed by atoms with Gasteiger partial charge in [0.05, 0.1) is 11.9 Å². The predicted molar refractivity (Wildman–Crippen MR) is 71.0 cm³/mol. The van der Waals surface area contributed by atoms with Gasteiger partial charge in [-0.1, -0.05) is 0 Å². The summed E-state index contributed by atoms with van der Waals surface area (Å²) in [7, 11) is 0. The molecule has 0 saturated carbocycles. The molecule has 0 unspecified atom stereocenters. The molecule has 0 aliphatic rings. The largest absolute Gasteiger partial charge is 0.492 e. The van der Waals surface area contributed by atoms with E-state index in [2.05, 4.69) is 15.2 Å². The molecule has 0 aromatic carbocycles. The number of carbonyl (C=O) groups is 1. The van der Waals surface area contributed by atoms with Gasteiger partial charge in [0.1, 0.15) is 5.56 Å². The Bertz CT molecular complexity index is 933. The van der Waals surface area contributed by atoms with E-state index < -0.39 is 17.4 Å². The number of hydrogen-bond acceptors (Lipinski definition) is 5. The summed E-state index contributed by atoms with van der Waals surface area (Å²) in [6.07, 6.45) is 1.05. The number of aromatic amines is 1. The first-order valence-electron chi connectivity index (χ1n) is 6.00. The molecule has 21 heavy (non-hydrogen) atoms. The van der Waals surface area contributed by atoms with Crippen molar-refractivity contribution in [3.8, 4) is 11.6 Å². The second kappa shape index (κ2) is 4.20. The summed E-state index contributed by atoms with van der Waals surface area (Å²) >= 11 is 0. The summed E-state index contributed by atoms with van der Waals surface area (Å²) < 4.78 is 2.24. The molecule has 9 nitrogen and oxygen atoms in total.